The Morgan fingerprint density at radius 1 is 1.25 bits per heavy atom. The molecule has 0 radical (unpaired) electrons. The highest BCUT2D eigenvalue weighted by molar-refractivity contribution is 7.90. The third-order valence-corrected chi connectivity index (χ3v) is 5.21. The molecule has 0 saturated carbocycles. The van der Waals surface area contributed by atoms with Crippen molar-refractivity contribution in [1.82, 2.24) is 4.98 Å². The lowest BCUT2D eigenvalue weighted by Crippen LogP contribution is -2.03. The molecule has 1 aliphatic rings. The number of sulfone groups is 1. The Labute approximate surface area is 142 Å². The standard InChI is InChI=1S/C18H21NO4S/c1-22-18-10-9-17(19-18)16(12-14-4-3-11-23-14)13-5-7-15(8-6-13)24(2,20)21/h5-10,12,14,19H,3-4,11H2,1-2H3. The van der Waals surface area contributed by atoms with E-state index in [-0.39, 0.29) is 6.10 Å². The van der Waals surface area contributed by atoms with Gasteiger partial charge in [-0.25, -0.2) is 8.42 Å². The van der Waals surface area contributed by atoms with Crippen molar-refractivity contribution in [2.24, 2.45) is 0 Å². The number of benzene rings is 1. The average molecular weight is 347 g/mol. The number of H-pyrrole nitrogens is 1. The molecule has 3 rings (SSSR count). The molecular formula is C18H21NO4S. The van der Waals surface area contributed by atoms with Crippen LogP contribution in [0.2, 0.25) is 0 Å². The second-order valence-corrected chi connectivity index (χ2v) is 7.88. The summed E-state index contributed by atoms with van der Waals surface area (Å²) in [6, 6.07) is 10.7. The second kappa shape index (κ2) is 6.83. The molecule has 6 heteroatoms. The van der Waals surface area contributed by atoms with Gasteiger partial charge in [-0.15, -0.1) is 0 Å². The lowest BCUT2D eigenvalue weighted by Gasteiger charge is -2.11. The Morgan fingerprint density at radius 3 is 2.54 bits per heavy atom. The summed E-state index contributed by atoms with van der Waals surface area (Å²) in [6.45, 7) is 0.773. The number of methoxy groups -OCH3 is 1. The predicted octanol–water partition coefficient (Wildman–Crippen LogP) is 3.04. The predicted molar refractivity (Wildman–Crippen MR) is 92.9 cm³/mol. The summed E-state index contributed by atoms with van der Waals surface area (Å²) in [5.41, 5.74) is 2.82. The minimum absolute atomic E-state index is 0.0730. The van der Waals surface area contributed by atoms with Gasteiger partial charge in [0.1, 0.15) is 0 Å². The quantitative estimate of drug-likeness (QED) is 0.903. The number of aromatic nitrogens is 1. The monoisotopic (exact) mass is 347 g/mol. The highest BCUT2D eigenvalue weighted by atomic mass is 32.2. The topological polar surface area (TPSA) is 68.4 Å². The van der Waals surface area contributed by atoms with Gasteiger partial charge in [0.15, 0.2) is 15.7 Å². The van der Waals surface area contributed by atoms with Gasteiger partial charge in [-0.2, -0.15) is 0 Å². The van der Waals surface area contributed by atoms with E-state index in [4.69, 9.17) is 9.47 Å². The number of rotatable bonds is 5. The van der Waals surface area contributed by atoms with E-state index in [2.05, 4.69) is 11.1 Å². The van der Waals surface area contributed by atoms with Crippen LogP contribution in [0.1, 0.15) is 24.1 Å². The third-order valence-electron chi connectivity index (χ3n) is 4.08. The summed E-state index contributed by atoms with van der Waals surface area (Å²) >= 11 is 0. The molecular weight excluding hydrogens is 326 g/mol. The van der Waals surface area contributed by atoms with Crippen molar-refractivity contribution in [3.8, 4) is 5.88 Å². The average Bonchev–Trinajstić information content (AvgIpc) is 3.23. The SMILES string of the molecule is COc1ccc(C(=CC2CCCO2)c2ccc(S(C)(=O)=O)cc2)[nH]1. The highest BCUT2D eigenvalue weighted by Gasteiger charge is 2.17. The maximum Gasteiger partial charge on any atom is 0.190 e. The Balaban J connectivity index is 2.00. The Kier molecular flexibility index (Phi) is 4.78. The first-order valence-corrected chi connectivity index (χ1v) is 9.74. The van der Waals surface area contributed by atoms with Crippen LogP contribution < -0.4 is 4.74 Å². The van der Waals surface area contributed by atoms with Crippen molar-refractivity contribution in [2.45, 2.75) is 23.8 Å². The van der Waals surface area contributed by atoms with Crippen LogP contribution in [0.4, 0.5) is 0 Å². The zero-order chi connectivity index (χ0) is 17.2. The smallest absolute Gasteiger partial charge is 0.190 e. The molecule has 1 unspecified atom stereocenters. The molecule has 0 spiro atoms. The molecule has 1 N–H and O–H groups in total. The molecule has 0 bridgehead atoms. The summed E-state index contributed by atoms with van der Waals surface area (Å²) in [6.07, 6.45) is 5.41. The normalized spacial score (nSPS) is 18.8. The van der Waals surface area contributed by atoms with Gasteiger partial charge in [0.05, 0.1) is 18.1 Å². The van der Waals surface area contributed by atoms with Crippen LogP contribution in [0.25, 0.3) is 5.57 Å². The van der Waals surface area contributed by atoms with E-state index >= 15 is 0 Å². The van der Waals surface area contributed by atoms with Crippen molar-refractivity contribution in [3.05, 3.63) is 53.7 Å². The molecule has 2 aromatic rings. The van der Waals surface area contributed by atoms with Crippen LogP contribution >= 0.6 is 0 Å². The molecule has 1 saturated heterocycles. The van der Waals surface area contributed by atoms with E-state index in [9.17, 15) is 8.42 Å². The first kappa shape index (κ1) is 16.8. The van der Waals surface area contributed by atoms with Crippen LogP contribution in [0, 0.1) is 0 Å². The zero-order valence-electron chi connectivity index (χ0n) is 13.8. The zero-order valence-corrected chi connectivity index (χ0v) is 14.6. The van der Waals surface area contributed by atoms with Gasteiger partial charge >= 0.3 is 0 Å². The summed E-state index contributed by atoms with van der Waals surface area (Å²) in [7, 11) is -1.59. The van der Waals surface area contributed by atoms with E-state index < -0.39 is 9.84 Å². The van der Waals surface area contributed by atoms with Crippen molar-refractivity contribution in [2.75, 3.05) is 20.0 Å². The summed E-state index contributed by atoms with van der Waals surface area (Å²) in [4.78, 5) is 3.53. The molecule has 24 heavy (non-hydrogen) atoms. The van der Waals surface area contributed by atoms with Crippen molar-refractivity contribution in [1.29, 1.82) is 0 Å². The number of ether oxygens (including phenoxy) is 2. The Hall–Kier alpha value is -2.05. The van der Waals surface area contributed by atoms with E-state index in [1.165, 1.54) is 6.26 Å². The van der Waals surface area contributed by atoms with E-state index in [0.29, 0.717) is 10.8 Å². The molecule has 1 aromatic heterocycles. The molecule has 0 aliphatic carbocycles. The number of nitrogens with one attached hydrogen (secondary N) is 1. The fourth-order valence-electron chi connectivity index (χ4n) is 2.79. The van der Waals surface area contributed by atoms with E-state index in [0.717, 1.165) is 36.3 Å². The summed E-state index contributed by atoms with van der Waals surface area (Å²) in [5, 5.41) is 0. The minimum atomic E-state index is -3.20. The fraction of sp³-hybridized carbons (Fsp3) is 0.333. The minimum Gasteiger partial charge on any atom is -0.482 e. The van der Waals surface area contributed by atoms with E-state index in [1.807, 2.05) is 24.3 Å². The van der Waals surface area contributed by atoms with Crippen molar-refractivity contribution >= 4 is 15.4 Å². The summed E-state index contributed by atoms with van der Waals surface area (Å²) < 4.78 is 34.2. The first-order valence-electron chi connectivity index (χ1n) is 7.84. The van der Waals surface area contributed by atoms with Crippen LogP contribution in [0.3, 0.4) is 0 Å². The van der Waals surface area contributed by atoms with Crippen LogP contribution in [0.15, 0.2) is 47.4 Å². The maximum atomic E-state index is 11.6. The molecule has 1 aliphatic heterocycles. The first-order chi connectivity index (χ1) is 11.5. The van der Waals surface area contributed by atoms with Crippen molar-refractivity contribution in [3.63, 3.8) is 0 Å². The number of aromatic amines is 1. The van der Waals surface area contributed by atoms with E-state index in [1.54, 1.807) is 19.2 Å². The number of hydrogen-bond acceptors (Lipinski definition) is 4. The van der Waals surface area contributed by atoms with Gasteiger partial charge in [0.2, 0.25) is 0 Å². The molecule has 1 aromatic carbocycles. The molecule has 5 nitrogen and oxygen atoms in total. The van der Waals surface area contributed by atoms with Gasteiger partial charge in [0, 0.05) is 30.2 Å². The molecule has 128 valence electrons. The molecule has 0 amide bonds. The maximum absolute atomic E-state index is 11.6. The molecule has 1 atom stereocenters. The van der Waals surface area contributed by atoms with Crippen LogP contribution in [-0.4, -0.2) is 39.5 Å². The Morgan fingerprint density at radius 2 is 2.00 bits per heavy atom. The largest absolute Gasteiger partial charge is 0.482 e. The van der Waals surface area contributed by atoms with Gasteiger partial charge in [-0.3, -0.25) is 0 Å². The van der Waals surface area contributed by atoms with Crippen molar-refractivity contribution < 1.29 is 17.9 Å². The second-order valence-electron chi connectivity index (χ2n) is 5.87. The van der Waals surface area contributed by atoms with Gasteiger partial charge in [-0.1, -0.05) is 12.1 Å². The van der Waals surface area contributed by atoms with Gasteiger partial charge in [0.25, 0.3) is 0 Å². The van der Waals surface area contributed by atoms with Crippen LogP contribution in [0.5, 0.6) is 5.88 Å². The van der Waals surface area contributed by atoms with Crippen LogP contribution in [-0.2, 0) is 14.6 Å². The summed E-state index contributed by atoms with van der Waals surface area (Å²) in [5.74, 6) is 0.677. The van der Waals surface area contributed by atoms with Gasteiger partial charge < -0.3 is 14.5 Å². The number of hydrogen-bond donors (Lipinski definition) is 1. The lowest BCUT2D eigenvalue weighted by atomic mass is 10.0. The fourth-order valence-corrected chi connectivity index (χ4v) is 3.42. The Bertz CT molecular complexity index is 828. The highest BCUT2D eigenvalue weighted by Crippen LogP contribution is 2.28. The molecule has 2 heterocycles. The lowest BCUT2D eigenvalue weighted by molar-refractivity contribution is 0.146. The molecule has 1 fully saturated rings. The third kappa shape index (κ3) is 3.71. The van der Waals surface area contributed by atoms with Gasteiger partial charge in [-0.05, 0) is 42.7 Å².